The van der Waals surface area contributed by atoms with Crippen molar-refractivity contribution in [3.63, 3.8) is 0 Å². The minimum absolute atomic E-state index is 0.0535. The van der Waals surface area contributed by atoms with Crippen LogP contribution in [-0.4, -0.2) is 29.7 Å². The number of fused-ring (bicyclic) bond motifs is 1. The van der Waals surface area contributed by atoms with Crippen LogP contribution in [0.25, 0.3) is 0 Å². The quantitative estimate of drug-likeness (QED) is 0.421. The van der Waals surface area contributed by atoms with Gasteiger partial charge in [0.15, 0.2) is 10.9 Å². The Morgan fingerprint density at radius 3 is 2.42 bits per heavy atom. The molecule has 1 aliphatic carbocycles. The molecule has 1 aromatic heterocycles. The SMILES string of the molecule is COc1ccc(C(=O)NNC(=O)c2oc3c(c2C)/C(=N\NC(N)=S)CC(C)(C)C3)cc1. The van der Waals surface area contributed by atoms with Gasteiger partial charge in [0.2, 0.25) is 0 Å². The Balaban J connectivity index is 1.78. The first-order chi connectivity index (χ1) is 14.6. The number of carbonyl (C=O) groups excluding carboxylic acids is 2. The first kappa shape index (κ1) is 22.3. The van der Waals surface area contributed by atoms with Gasteiger partial charge in [-0.15, -0.1) is 0 Å². The van der Waals surface area contributed by atoms with Crippen LogP contribution in [0, 0.1) is 12.3 Å². The van der Waals surface area contributed by atoms with Crippen molar-refractivity contribution in [2.75, 3.05) is 7.11 Å². The van der Waals surface area contributed by atoms with E-state index in [0.29, 0.717) is 41.2 Å². The van der Waals surface area contributed by atoms with Crippen molar-refractivity contribution in [1.82, 2.24) is 16.3 Å². The van der Waals surface area contributed by atoms with E-state index in [9.17, 15) is 9.59 Å². The lowest BCUT2D eigenvalue weighted by Gasteiger charge is -2.29. The number of carbonyl (C=O) groups is 2. The number of thiocarbonyl (C=S) groups is 1. The molecule has 0 aliphatic heterocycles. The van der Waals surface area contributed by atoms with Crippen LogP contribution in [0.15, 0.2) is 33.8 Å². The van der Waals surface area contributed by atoms with Crippen LogP contribution >= 0.6 is 12.2 Å². The highest BCUT2D eigenvalue weighted by Crippen LogP contribution is 2.38. The molecule has 0 saturated carbocycles. The van der Waals surface area contributed by atoms with Gasteiger partial charge < -0.3 is 14.9 Å². The summed E-state index contributed by atoms with van der Waals surface area (Å²) in [7, 11) is 1.54. The van der Waals surface area contributed by atoms with Gasteiger partial charge in [-0.2, -0.15) is 5.10 Å². The van der Waals surface area contributed by atoms with E-state index in [1.807, 2.05) is 0 Å². The number of hydrazine groups is 1. The average molecular weight is 444 g/mol. The number of hydrazone groups is 1. The Labute approximate surface area is 185 Å². The Morgan fingerprint density at radius 1 is 1.16 bits per heavy atom. The predicted molar refractivity (Wildman–Crippen MR) is 120 cm³/mol. The van der Waals surface area contributed by atoms with Crippen molar-refractivity contribution in [2.45, 2.75) is 33.6 Å². The van der Waals surface area contributed by atoms with E-state index in [-0.39, 0.29) is 16.3 Å². The number of benzene rings is 1. The van der Waals surface area contributed by atoms with Crippen molar-refractivity contribution in [1.29, 1.82) is 0 Å². The molecular weight excluding hydrogens is 418 g/mol. The second kappa shape index (κ2) is 8.76. The molecule has 0 unspecified atom stereocenters. The number of hydrogen-bond acceptors (Lipinski definition) is 6. The zero-order chi connectivity index (χ0) is 22.8. The maximum atomic E-state index is 12.7. The van der Waals surface area contributed by atoms with E-state index in [2.05, 4.69) is 35.2 Å². The van der Waals surface area contributed by atoms with Crippen molar-refractivity contribution in [3.8, 4) is 5.75 Å². The van der Waals surface area contributed by atoms with Gasteiger partial charge in [-0.25, -0.2) is 0 Å². The summed E-state index contributed by atoms with van der Waals surface area (Å²) in [6, 6.07) is 6.50. The molecule has 1 heterocycles. The Kier molecular flexibility index (Phi) is 6.30. The third kappa shape index (κ3) is 5.02. The van der Waals surface area contributed by atoms with Crippen LogP contribution in [0.2, 0.25) is 0 Å². The zero-order valence-electron chi connectivity index (χ0n) is 17.8. The minimum atomic E-state index is -0.562. The van der Waals surface area contributed by atoms with Crippen LogP contribution in [0.4, 0.5) is 0 Å². The number of rotatable bonds is 4. The van der Waals surface area contributed by atoms with Gasteiger partial charge in [0, 0.05) is 23.1 Å². The average Bonchev–Trinajstić information content (AvgIpc) is 3.05. The van der Waals surface area contributed by atoms with Crippen LogP contribution in [0.1, 0.15) is 58.1 Å². The van der Waals surface area contributed by atoms with E-state index < -0.39 is 11.8 Å². The molecule has 0 spiro atoms. The summed E-state index contributed by atoms with van der Waals surface area (Å²) in [6.45, 7) is 5.94. The van der Waals surface area contributed by atoms with Crippen LogP contribution < -0.4 is 26.7 Å². The molecule has 164 valence electrons. The lowest BCUT2D eigenvalue weighted by molar-refractivity contribution is 0.0828. The Morgan fingerprint density at radius 2 is 1.81 bits per heavy atom. The number of furan rings is 1. The summed E-state index contributed by atoms with van der Waals surface area (Å²) in [6.07, 6.45) is 1.30. The van der Waals surface area contributed by atoms with Crippen molar-refractivity contribution < 1.29 is 18.7 Å². The molecule has 5 N–H and O–H groups in total. The molecule has 0 radical (unpaired) electrons. The van der Waals surface area contributed by atoms with Gasteiger partial charge >= 0.3 is 5.91 Å². The van der Waals surface area contributed by atoms with E-state index >= 15 is 0 Å². The fourth-order valence-electron chi connectivity index (χ4n) is 3.53. The summed E-state index contributed by atoms with van der Waals surface area (Å²) < 4.78 is 11.0. The van der Waals surface area contributed by atoms with E-state index in [1.165, 1.54) is 7.11 Å². The van der Waals surface area contributed by atoms with Crippen LogP contribution in [0.3, 0.4) is 0 Å². The number of hydrogen-bond donors (Lipinski definition) is 4. The lowest BCUT2D eigenvalue weighted by atomic mass is 9.75. The monoisotopic (exact) mass is 443 g/mol. The normalized spacial score (nSPS) is 15.7. The van der Waals surface area contributed by atoms with Gasteiger partial charge in [0.05, 0.1) is 12.8 Å². The Bertz CT molecular complexity index is 1060. The highest BCUT2D eigenvalue weighted by molar-refractivity contribution is 7.80. The lowest BCUT2D eigenvalue weighted by Crippen LogP contribution is -2.41. The third-order valence-electron chi connectivity index (χ3n) is 4.94. The number of nitrogens with one attached hydrogen (secondary N) is 3. The Hall–Kier alpha value is -3.40. The van der Waals surface area contributed by atoms with Crippen molar-refractivity contribution in [2.24, 2.45) is 16.3 Å². The molecule has 0 atom stereocenters. The molecule has 1 aromatic carbocycles. The highest BCUT2D eigenvalue weighted by Gasteiger charge is 2.36. The van der Waals surface area contributed by atoms with E-state index in [0.717, 1.165) is 5.56 Å². The number of methoxy groups -OCH3 is 1. The van der Waals surface area contributed by atoms with Gasteiger partial charge in [-0.1, -0.05) is 13.8 Å². The summed E-state index contributed by atoms with van der Waals surface area (Å²) >= 11 is 4.84. The molecule has 31 heavy (non-hydrogen) atoms. The maximum absolute atomic E-state index is 12.7. The van der Waals surface area contributed by atoms with Gasteiger partial charge in [-0.05, 0) is 55.2 Å². The summed E-state index contributed by atoms with van der Waals surface area (Å²) in [5.74, 6) is 0.370. The molecule has 0 bridgehead atoms. The standard InChI is InChI=1S/C21H25N5O4S/c1-11-16-14(23-26-20(22)31)9-21(2,3)10-15(16)30-17(11)19(28)25-24-18(27)12-5-7-13(29-4)8-6-12/h5-8H,9-10H2,1-4H3,(H,24,27)(H,25,28)(H3,22,26,31)/b23-14-. The first-order valence-electron chi connectivity index (χ1n) is 9.60. The van der Waals surface area contributed by atoms with Crippen molar-refractivity contribution >= 4 is 34.9 Å². The van der Waals surface area contributed by atoms with Gasteiger partial charge in [-0.3, -0.25) is 25.9 Å². The minimum Gasteiger partial charge on any atom is -0.497 e. The van der Waals surface area contributed by atoms with Crippen LogP contribution in [0.5, 0.6) is 5.75 Å². The number of nitrogens with zero attached hydrogens (tertiary/aromatic N) is 1. The number of amides is 2. The topological polar surface area (TPSA) is 131 Å². The van der Waals surface area contributed by atoms with E-state index in [1.54, 1.807) is 31.2 Å². The summed E-state index contributed by atoms with van der Waals surface area (Å²) in [4.78, 5) is 25.0. The summed E-state index contributed by atoms with van der Waals surface area (Å²) in [5.41, 5.74) is 15.3. The molecule has 2 aromatic rings. The maximum Gasteiger partial charge on any atom is 0.305 e. The van der Waals surface area contributed by atoms with Crippen LogP contribution in [-0.2, 0) is 6.42 Å². The number of ether oxygens (including phenoxy) is 1. The largest absolute Gasteiger partial charge is 0.497 e. The first-order valence-corrected chi connectivity index (χ1v) is 10.0. The molecule has 0 fully saturated rings. The molecule has 9 nitrogen and oxygen atoms in total. The fraction of sp³-hybridized carbons (Fsp3) is 0.333. The zero-order valence-corrected chi connectivity index (χ0v) is 18.6. The summed E-state index contributed by atoms with van der Waals surface area (Å²) in [5, 5.41) is 4.36. The highest BCUT2D eigenvalue weighted by atomic mass is 32.1. The fourth-order valence-corrected chi connectivity index (χ4v) is 3.58. The molecule has 3 rings (SSSR count). The molecule has 10 heteroatoms. The second-order valence-corrected chi connectivity index (χ2v) is 8.48. The molecule has 2 amide bonds. The third-order valence-corrected chi connectivity index (χ3v) is 5.03. The molecular formula is C21H25N5O4S. The smallest absolute Gasteiger partial charge is 0.305 e. The van der Waals surface area contributed by atoms with Crippen molar-refractivity contribution in [3.05, 3.63) is 52.5 Å². The van der Waals surface area contributed by atoms with Gasteiger partial charge in [0.25, 0.3) is 5.91 Å². The second-order valence-electron chi connectivity index (χ2n) is 8.04. The van der Waals surface area contributed by atoms with E-state index in [4.69, 9.17) is 27.1 Å². The number of nitrogens with two attached hydrogens (primary N) is 1. The molecule has 1 aliphatic rings. The molecule has 0 saturated heterocycles. The van der Waals surface area contributed by atoms with Gasteiger partial charge in [0.1, 0.15) is 11.5 Å². The predicted octanol–water partition coefficient (Wildman–Crippen LogP) is 2.18.